The molecule has 0 spiro atoms. The number of nitrogens with zero attached hydrogens (tertiary/aromatic N) is 2. The highest BCUT2D eigenvalue weighted by atomic mass is 16.5. The number of para-hydroxylation sites is 1. The molecule has 4 rings (SSSR count). The second-order valence-corrected chi connectivity index (χ2v) is 6.60. The van der Waals surface area contributed by atoms with E-state index in [4.69, 9.17) is 0 Å². The first-order valence-corrected chi connectivity index (χ1v) is 9.22. The van der Waals surface area contributed by atoms with Crippen molar-refractivity contribution in [1.82, 2.24) is 10.0 Å². The minimum absolute atomic E-state index is 0.222. The molecule has 3 aromatic carbocycles. The predicted octanol–water partition coefficient (Wildman–Crippen LogP) is 4.98. The Bertz CT molecular complexity index is 1100. The average Bonchev–Trinajstić information content (AvgIpc) is 2.77. The van der Waals surface area contributed by atoms with Crippen molar-refractivity contribution >= 4 is 16.8 Å². The molecule has 4 aromatic rings. The van der Waals surface area contributed by atoms with Gasteiger partial charge >= 0.3 is 0 Å². The van der Waals surface area contributed by atoms with Crippen LogP contribution in [0.15, 0.2) is 91.0 Å². The molecule has 0 aliphatic rings. The number of amides is 1. The highest BCUT2D eigenvalue weighted by Crippen LogP contribution is 2.25. The standard InChI is InChI=1S/C24H20N2O2/c27-24(26(28)16-15-18-9-3-1-4-10-18)21-17-23(19-11-5-2-6-12-19)25-22-14-8-7-13-20(21)22/h1-14,17,28H,15-16H2. The van der Waals surface area contributed by atoms with Gasteiger partial charge in [-0.25, -0.2) is 10.0 Å². The van der Waals surface area contributed by atoms with E-state index in [0.29, 0.717) is 17.7 Å². The van der Waals surface area contributed by atoms with Crippen LogP contribution in [0.2, 0.25) is 0 Å². The first-order chi connectivity index (χ1) is 13.7. The quantitative estimate of drug-likeness (QED) is 0.399. The minimum atomic E-state index is -0.424. The molecule has 0 saturated heterocycles. The zero-order chi connectivity index (χ0) is 19.3. The van der Waals surface area contributed by atoms with Gasteiger partial charge < -0.3 is 0 Å². The predicted molar refractivity (Wildman–Crippen MR) is 110 cm³/mol. The Balaban J connectivity index is 1.67. The highest BCUT2D eigenvalue weighted by molar-refractivity contribution is 6.06. The fourth-order valence-electron chi connectivity index (χ4n) is 3.23. The third-order valence-corrected chi connectivity index (χ3v) is 4.71. The Morgan fingerprint density at radius 3 is 2.25 bits per heavy atom. The molecule has 0 saturated carbocycles. The highest BCUT2D eigenvalue weighted by Gasteiger charge is 2.18. The third-order valence-electron chi connectivity index (χ3n) is 4.71. The fourth-order valence-corrected chi connectivity index (χ4v) is 3.23. The van der Waals surface area contributed by atoms with E-state index in [0.717, 1.165) is 27.1 Å². The van der Waals surface area contributed by atoms with E-state index in [1.165, 1.54) is 0 Å². The average molecular weight is 368 g/mol. The van der Waals surface area contributed by atoms with Crippen LogP contribution in [0.1, 0.15) is 15.9 Å². The Kier molecular flexibility index (Phi) is 5.13. The van der Waals surface area contributed by atoms with Crippen molar-refractivity contribution in [3.05, 3.63) is 102 Å². The normalized spacial score (nSPS) is 10.8. The molecule has 0 fully saturated rings. The Labute approximate surface area is 163 Å². The zero-order valence-corrected chi connectivity index (χ0v) is 15.3. The lowest BCUT2D eigenvalue weighted by atomic mass is 10.0. The van der Waals surface area contributed by atoms with Crippen molar-refractivity contribution in [1.29, 1.82) is 0 Å². The number of benzene rings is 3. The number of rotatable bonds is 5. The molecule has 4 nitrogen and oxygen atoms in total. The van der Waals surface area contributed by atoms with E-state index in [2.05, 4.69) is 4.98 Å². The third kappa shape index (κ3) is 3.77. The van der Waals surface area contributed by atoms with Crippen molar-refractivity contribution in [2.24, 2.45) is 0 Å². The maximum atomic E-state index is 13.0. The van der Waals surface area contributed by atoms with Gasteiger partial charge in [-0.2, -0.15) is 0 Å². The summed E-state index contributed by atoms with van der Waals surface area (Å²) in [6.07, 6.45) is 0.581. The van der Waals surface area contributed by atoms with Gasteiger partial charge in [0.1, 0.15) is 0 Å². The first-order valence-electron chi connectivity index (χ1n) is 9.22. The van der Waals surface area contributed by atoms with Gasteiger partial charge in [0.2, 0.25) is 0 Å². The summed E-state index contributed by atoms with van der Waals surface area (Å²) in [5.41, 5.74) is 3.87. The monoisotopic (exact) mass is 368 g/mol. The van der Waals surface area contributed by atoms with Gasteiger partial charge in [-0.05, 0) is 24.1 Å². The largest absolute Gasteiger partial charge is 0.286 e. The Morgan fingerprint density at radius 2 is 1.50 bits per heavy atom. The molecule has 1 heterocycles. The maximum Gasteiger partial charge on any atom is 0.277 e. The van der Waals surface area contributed by atoms with Crippen LogP contribution in [0.25, 0.3) is 22.2 Å². The lowest BCUT2D eigenvalue weighted by Gasteiger charge is -2.17. The molecule has 1 aromatic heterocycles. The van der Waals surface area contributed by atoms with Crippen molar-refractivity contribution in [2.45, 2.75) is 6.42 Å². The lowest BCUT2D eigenvalue weighted by molar-refractivity contribution is -0.0570. The van der Waals surface area contributed by atoms with Gasteiger partial charge in [0.25, 0.3) is 5.91 Å². The summed E-state index contributed by atoms with van der Waals surface area (Å²) in [4.78, 5) is 17.7. The summed E-state index contributed by atoms with van der Waals surface area (Å²) < 4.78 is 0. The summed E-state index contributed by atoms with van der Waals surface area (Å²) >= 11 is 0. The van der Waals surface area contributed by atoms with E-state index in [1.807, 2.05) is 84.9 Å². The van der Waals surface area contributed by atoms with Crippen LogP contribution >= 0.6 is 0 Å². The van der Waals surface area contributed by atoms with Crippen LogP contribution in [-0.4, -0.2) is 27.7 Å². The molecule has 138 valence electrons. The molecule has 1 N–H and O–H groups in total. The minimum Gasteiger partial charge on any atom is -0.286 e. The molecule has 0 aliphatic carbocycles. The van der Waals surface area contributed by atoms with Crippen molar-refractivity contribution in [2.75, 3.05) is 6.54 Å². The lowest BCUT2D eigenvalue weighted by Crippen LogP contribution is -2.29. The van der Waals surface area contributed by atoms with Crippen LogP contribution in [0.5, 0.6) is 0 Å². The Morgan fingerprint density at radius 1 is 0.857 bits per heavy atom. The second kappa shape index (κ2) is 8.03. The van der Waals surface area contributed by atoms with E-state index in [-0.39, 0.29) is 6.54 Å². The number of carbonyl (C=O) groups is 1. The number of pyridine rings is 1. The zero-order valence-electron chi connectivity index (χ0n) is 15.3. The van der Waals surface area contributed by atoms with Crippen LogP contribution in [0.3, 0.4) is 0 Å². The number of carbonyl (C=O) groups excluding carboxylic acids is 1. The number of fused-ring (bicyclic) bond motifs is 1. The molecule has 4 heteroatoms. The van der Waals surface area contributed by atoms with Crippen LogP contribution in [0.4, 0.5) is 0 Å². The second-order valence-electron chi connectivity index (χ2n) is 6.60. The van der Waals surface area contributed by atoms with E-state index < -0.39 is 5.91 Å². The molecule has 28 heavy (non-hydrogen) atoms. The van der Waals surface area contributed by atoms with Gasteiger partial charge in [-0.1, -0.05) is 78.9 Å². The van der Waals surface area contributed by atoms with Gasteiger partial charge in [0.15, 0.2) is 0 Å². The van der Waals surface area contributed by atoms with Crippen molar-refractivity contribution in [3.63, 3.8) is 0 Å². The van der Waals surface area contributed by atoms with Gasteiger partial charge in [-0.15, -0.1) is 0 Å². The molecule has 0 bridgehead atoms. The number of aromatic nitrogens is 1. The van der Waals surface area contributed by atoms with Gasteiger partial charge in [-0.3, -0.25) is 10.0 Å². The van der Waals surface area contributed by atoms with E-state index in [9.17, 15) is 10.0 Å². The molecule has 0 unspecified atom stereocenters. The van der Waals surface area contributed by atoms with Crippen LogP contribution in [0, 0.1) is 0 Å². The fraction of sp³-hybridized carbons (Fsp3) is 0.0833. The number of hydroxylamine groups is 2. The first kappa shape index (κ1) is 17.9. The van der Waals surface area contributed by atoms with Crippen molar-refractivity contribution in [3.8, 4) is 11.3 Å². The molecule has 0 atom stereocenters. The van der Waals surface area contributed by atoms with Gasteiger partial charge in [0, 0.05) is 10.9 Å². The molecular weight excluding hydrogens is 348 g/mol. The topological polar surface area (TPSA) is 53.4 Å². The maximum absolute atomic E-state index is 13.0. The SMILES string of the molecule is O=C(c1cc(-c2ccccc2)nc2ccccc12)N(O)CCc1ccccc1. The summed E-state index contributed by atoms with van der Waals surface area (Å²) in [5, 5.41) is 11.9. The molecule has 0 aliphatic heterocycles. The van der Waals surface area contributed by atoms with Gasteiger partial charge in [0.05, 0.1) is 23.3 Å². The van der Waals surface area contributed by atoms with Crippen LogP contribution < -0.4 is 0 Å². The molecule has 1 amide bonds. The molecule has 0 radical (unpaired) electrons. The summed E-state index contributed by atoms with van der Waals surface area (Å²) in [5.74, 6) is -0.424. The van der Waals surface area contributed by atoms with Crippen LogP contribution in [-0.2, 0) is 6.42 Å². The molecular formula is C24H20N2O2. The number of hydrogen-bond donors (Lipinski definition) is 1. The summed E-state index contributed by atoms with van der Waals surface area (Å²) in [6.45, 7) is 0.222. The van der Waals surface area contributed by atoms with Crippen molar-refractivity contribution < 1.29 is 10.0 Å². The Hall–Kier alpha value is -3.50. The van der Waals surface area contributed by atoms with E-state index in [1.54, 1.807) is 6.07 Å². The smallest absolute Gasteiger partial charge is 0.277 e. The summed E-state index contributed by atoms with van der Waals surface area (Å²) in [7, 11) is 0. The summed E-state index contributed by atoms with van der Waals surface area (Å²) in [6, 6.07) is 28.8. The number of hydrogen-bond acceptors (Lipinski definition) is 3. The van der Waals surface area contributed by atoms with E-state index >= 15 is 0 Å².